The first kappa shape index (κ1) is 60.5. The summed E-state index contributed by atoms with van der Waals surface area (Å²) in [5.41, 5.74) is 12.2. The van der Waals surface area contributed by atoms with Gasteiger partial charge in [-0.2, -0.15) is 0 Å². The second-order valence-corrected chi connectivity index (χ2v) is 17.9. The quantitative estimate of drug-likeness (QED) is 0.0266. The van der Waals surface area contributed by atoms with Gasteiger partial charge in [-0.1, -0.05) is 87.9 Å². The van der Waals surface area contributed by atoms with Crippen LogP contribution in [-0.4, -0.2) is 125 Å². The summed E-state index contributed by atoms with van der Waals surface area (Å²) < 4.78 is 5.67. The van der Waals surface area contributed by atoms with E-state index in [0.29, 0.717) is 18.4 Å². The van der Waals surface area contributed by atoms with Crippen molar-refractivity contribution in [2.45, 2.75) is 136 Å². The molecule has 0 radical (unpaired) electrons. The molecule has 1 aromatic rings. The van der Waals surface area contributed by atoms with Crippen LogP contribution in [0.1, 0.15) is 99.0 Å². The van der Waals surface area contributed by atoms with Crippen LogP contribution in [-0.2, 0) is 59.1 Å². The van der Waals surface area contributed by atoms with E-state index < -0.39 is 127 Å². The molecule has 8 atom stereocenters. The molecule has 13 N–H and O–H groups in total. The number of ether oxygens (including phenoxy) is 1. The number of carbonyl (C=O) groups is 10. The lowest BCUT2D eigenvalue weighted by Gasteiger charge is -2.27. The Kier molecular flexibility index (Phi) is 26.0. The number of rotatable bonds is 16. The lowest BCUT2D eigenvalue weighted by molar-refractivity contribution is -0.148. The predicted molar refractivity (Wildman–Crippen MR) is 265 cm³/mol. The Hall–Kier alpha value is -7.59. The van der Waals surface area contributed by atoms with Crippen molar-refractivity contribution in [2.75, 3.05) is 13.1 Å². The van der Waals surface area contributed by atoms with Crippen molar-refractivity contribution in [1.29, 1.82) is 0 Å². The first-order valence-corrected chi connectivity index (χ1v) is 23.7. The molecule has 1 aliphatic heterocycles. The number of aliphatic imine (C=N–C) groups is 1. The number of nitrogens with one attached hydrogen (secondary N) is 7. The number of benzene rings is 1. The van der Waals surface area contributed by atoms with Crippen LogP contribution in [0.3, 0.4) is 0 Å². The number of hydrogen-bond acceptors (Lipinski definition) is 12. The maximum Gasteiger partial charge on any atom is 0.326 e. The number of hydrogen-bond donors (Lipinski definition) is 11. The number of amides is 7. The van der Waals surface area contributed by atoms with Crippen LogP contribution in [0.25, 0.3) is 0 Å². The summed E-state index contributed by atoms with van der Waals surface area (Å²) >= 11 is 0. The van der Waals surface area contributed by atoms with Gasteiger partial charge in [-0.05, 0) is 57.4 Å². The molecule has 2 rings (SSSR count). The van der Waals surface area contributed by atoms with E-state index in [2.05, 4.69) is 42.2 Å². The Morgan fingerprint density at radius 1 is 0.819 bits per heavy atom. The molecule has 396 valence electrons. The number of carboxylic acids is 2. The minimum Gasteiger partial charge on any atom is -0.480 e. The highest BCUT2D eigenvalue weighted by Crippen LogP contribution is 2.19. The number of nitrogens with two attached hydrogens (primary N) is 2. The van der Waals surface area contributed by atoms with Crippen LogP contribution in [0.5, 0.6) is 0 Å². The van der Waals surface area contributed by atoms with Crippen LogP contribution in [0.2, 0.25) is 0 Å². The zero-order valence-corrected chi connectivity index (χ0v) is 42.0. The lowest BCUT2D eigenvalue weighted by atomic mass is 9.94. The summed E-state index contributed by atoms with van der Waals surface area (Å²) in [6, 6.07) is 1.99. The first-order valence-electron chi connectivity index (χ1n) is 23.7. The lowest BCUT2D eigenvalue weighted by Crippen LogP contribution is -2.56. The number of unbranched alkanes of at least 4 members (excludes halogenated alkanes) is 1. The molecule has 1 heterocycles. The topological polar surface area (TPSA) is 369 Å². The van der Waals surface area contributed by atoms with Crippen molar-refractivity contribution in [3.63, 3.8) is 0 Å². The van der Waals surface area contributed by atoms with Gasteiger partial charge >= 0.3 is 17.9 Å². The number of allylic oxidation sites excluding steroid dienone is 3. The summed E-state index contributed by atoms with van der Waals surface area (Å²) in [6.07, 6.45) is 4.72. The van der Waals surface area contributed by atoms with Crippen LogP contribution < -0.4 is 48.7 Å². The first-order chi connectivity index (χ1) is 33.9. The van der Waals surface area contributed by atoms with E-state index in [4.69, 9.17) is 16.2 Å². The highest BCUT2D eigenvalue weighted by atomic mass is 16.5. The van der Waals surface area contributed by atoms with Gasteiger partial charge in [0.05, 0.1) is 24.9 Å². The largest absolute Gasteiger partial charge is 0.480 e. The molecule has 1 fully saturated rings. The normalized spacial score (nSPS) is 23.4. The summed E-state index contributed by atoms with van der Waals surface area (Å²) in [5, 5.41) is 37.4. The predicted octanol–water partition coefficient (Wildman–Crippen LogP) is 0.339. The molecule has 7 amide bonds. The molecular weight excluding hydrogens is 937 g/mol. The Morgan fingerprint density at radius 2 is 1.44 bits per heavy atom. The highest BCUT2D eigenvalue weighted by Gasteiger charge is 2.33. The van der Waals surface area contributed by atoms with Crippen molar-refractivity contribution < 1.29 is 62.9 Å². The Bertz CT molecular complexity index is 2210. The molecule has 1 saturated heterocycles. The molecule has 23 nitrogen and oxygen atoms in total. The van der Waals surface area contributed by atoms with E-state index in [1.54, 1.807) is 26.8 Å². The van der Waals surface area contributed by atoms with E-state index in [0.717, 1.165) is 5.56 Å². The van der Waals surface area contributed by atoms with Crippen LogP contribution in [0.4, 0.5) is 0 Å². The van der Waals surface area contributed by atoms with E-state index in [1.165, 1.54) is 32.9 Å². The second-order valence-electron chi connectivity index (χ2n) is 17.9. The van der Waals surface area contributed by atoms with Gasteiger partial charge in [-0.3, -0.25) is 43.3 Å². The van der Waals surface area contributed by atoms with Gasteiger partial charge in [-0.25, -0.2) is 9.59 Å². The smallest absolute Gasteiger partial charge is 0.326 e. The van der Waals surface area contributed by atoms with E-state index >= 15 is 0 Å². The molecular formula is C49H72N10O13. The number of aliphatic carboxylic acids is 2. The van der Waals surface area contributed by atoms with Crippen molar-refractivity contribution in [3.8, 4) is 0 Å². The third-order valence-electron chi connectivity index (χ3n) is 11.2. The summed E-state index contributed by atoms with van der Waals surface area (Å²) in [6.45, 7) is 10.7. The number of esters is 1. The standard InChI is InChI=1S/C49H72N10O13/c1-8-33-44(65)53-26-42(63)56-37(22-27(2)3)46(67)59-38(48(70)71)25-41(62)55-35(16-12-13-21-52-49(50)51)45(66)57-34(30(6)43(64)58-36(47(68)69)19-20-40(61)54-33)18-17-28(4)23-29(5)39(72-31(7)60)24-32-14-10-9-11-15-32/h8-11,14-15,17-18,23,27,29-30,34-39H,12-13,16,19-22,24-26H2,1-7H3,(H,53,65)(H,54,61)(H,55,62)(H,56,63)(H,57,66)(H,58,64)(H,59,67)(H,68,69)(H,70,71)(H4,50,51,52)/b18-17+,28-23+,33-8?/t29-,30-,34-,35-,36+,37-,38+,39-/m0/s1. The van der Waals surface area contributed by atoms with Crippen molar-refractivity contribution in [3.05, 3.63) is 71.5 Å². The minimum absolute atomic E-state index is 0.0163. The van der Waals surface area contributed by atoms with Crippen molar-refractivity contribution >= 4 is 65.2 Å². The molecule has 0 bridgehead atoms. The van der Waals surface area contributed by atoms with Crippen LogP contribution in [0.15, 0.2) is 70.9 Å². The number of carbonyl (C=O) groups excluding carboxylic acids is 8. The maximum absolute atomic E-state index is 14.3. The Balaban J connectivity index is 2.69. The third kappa shape index (κ3) is 22.9. The summed E-state index contributed by atoms with van der Waals surface area (Å²) in [7, 11) is 0. The summed E-state index contributed by atoms with van der Waals surface area (Å²) in [5.74, 6) is -11.7. The monoisotopic (exact) mass is 1010 g/mol. The van der Waals surface area contributed by atoms with E-state index in [9.17, 15) is 58.2 Å². The fourth-order valence-electron chi connectivity index (χ4n) is 7.36. The molecule has 72 heavy (non-hydrogen) atoms. The van der Waals surface area contributed by atoms with E-state index in [-0.39, 0.29) is 49.3 Å². The Labute approximate surface area is 419 Å². The number of carboxylic acid groups (broad SMARTS) is 2. The second kappa shape index (κ2) is 30.9. The van der Waals surface area contributed by atoms with Crippen molar-refractivity contribution in [1.82, 2.24) is 37.2 Å². The molecule has 0 unspecified atom stereocenters. The molecule has 0 aliphatic carbocycles. The third-order valence-corrected chi connectivity index (χ3v) is 11.2. The average Bonchev–Trinajstić information content (AvgIpc) is 3.30. The van der Waals surface area contributed by atoms with Gasteiger partial charge in [-0.15, -0.1) is 0 Å². The SMILES string of the molecule is CC=C1NC(=O)CC[C@H](C(=O)O)NC(=O)[C@@H](C)[C@H](/C=C/C(C)=C/[C@H](C)[C@H](Cc2ccccc2)OC(C)=O)NC(=O)[C@H](CCCCN=C(N)N)NC(=O)C[C@H](C(=O)O)NC(=O)[C@H](CC(C)C)NC(=O)CNC1=O. The van der Waals surface area contributed by atoms with Gasteiger partial charge in [0.25, 0.3) is 5.91 Å². The fraction of sp³-hybridized carbons (Fsp3) is 0.531. The minimum atomic E-state index is -1.85. The Morgan fingerprint density at radius 3 is 2.04 bits per heavy atom. The summed E-state index contributed by atoms with van der Waals surface area (Å²) in [4.78, 5) is 135. The zero-order valence-electron chi connectivity index (χ0n) is 42.0. The number of guanidine groups is 1. The van der Waals surface area contributed by atoms with Gasteiger partial charge < -0.3 is 63.6 Å². The molecule has 1 aromatic carbocycles. The molecule has 0 aromatic heterocycles. The zero-order chi connectivity index (χ0) is 54.1. The molecule has 0 spiro atoms. The van der Waals surface area contributed by atoms with Crippen LogP contribution in [0, 0.1) is 17.8 Å². The van der Waals surface area contributed by atoms with Gasteiger partial charge in [0, 0.05) is 32.2 Å². The number of nitrogens with zero attached hydrogens (tertiary/aromatic N) is 1. The van der Waals surface area contributed by atoms with Crippen molar-refractivity contribution in [2.24, 2.45) is 34.2 Å². The maximum atomic E-state index is 14.3. The van der Waals surface area contributed by atoms with Crippen LogP contribution >= 0.6 is 0 Å². The van der Waals surface area contributed by atoms with E-state index in [1.807, 2.05) is 43.3 Å². The highest BCUT2D eigenvalue weighted by molar-refractivity contribution is 6.00. The van der Waals surface area contributed by atoms with Gasteiger partial charge in [0.1, 0.15) is 36.0 Å². The average molecular weight is 1010 g/mol. The van der Waals surface area contributed by atoms with Gasteiger partial charge in [0.2, 0.25) is 35.4 Å². The fourth-order valence-corrected chi connectivity index (χ4v) is 7.36. The molecule has 1 aliphatic rings. The van der Waals surface area contributed by atoms with Gasteiger partial charge in [0.15, 0.2) is 5.96 Å². The molecule has 23 heteroatoms. The molecule has 0 saturated carbocycles.